The molecule has 8 nitrogen and oxygen atoms in total. The van der Waals surface area contributed by atoms with Crippen molar-refractivity contribution in [1.82, 2.24) is 20.2 Å². The van der Waals surface area contributed by atoms with Crippen LogP contribution < -0.4 is 15.0 Å². The number of rotatable bonds is 3. The molecule has 0 bridgehead atoms. The Kier molecular flexibility index (Phi) is 4.59. The van der Waals surface area contributed by atoms with Gasteiger partial charge in [0.05, 0.1) is 7.11 Å². The van der Waals surface area contributed by atoms with Crippen molar-refractivity contribution in [1.29, 1.82) is 0 Å². The van der Waals surface area contributed by atoms with Crippen LogP contribution in [0.5, 0.6) is 5.88 Å². The van der Waals surface area contributed by atoms with E-state index in [1.165, 1.54) is 0 Å². The van der Waals surface area contributed by atoms with Gasteiger partial charge in [-0.2, -0.15) is 0 Å². The van der Waals surface area contributed by atoms with Crippen molar-refractivity contribution in [3.8, 4) is 5.88 Å². The molecule has 124 valence electrons. The normalized spacial score (nSPS) is 21.8. The predicted molar refractivity (Wildman–Crippen MR) is 83.2 cm³/mol. The summed E-state index contributed by atoms with van der Waals surface area (Å²) in [7, 11) is 1.57. The van der Waals surface area contributed by atoms with E-state index in [2.05, 4.69) is 20.2 Å². The molecule has 2 aliphatic rings. The number of nitrogens with zero attached hydrogens (tertiary/aromatic N) is 4. The van der Waals surface area contributed by atoms with E-state index < -0.39 is 0 Å². The van der Waals surface area contributed by atoms with E-state index in [1.54, 1.807) is 19.5 Å². The summed E-state index contributed by atoms with van der Waals surface area (Å²) < 4.78 is 5.26. The molecule has 0 saturated carbocycles. The Morgan fingerprint density at radius 1 is 1.26 bits per heavy atom. The Labute approximate surface area is 134 Å². The lowest BCUT2D eigenvalue weighted by atomic mass is 10.2. The summed E-state index contributed by atoms with van der Waals surface area (Å²) in [4.78, 5) is 36.2. The molecule has 1 atom stereocenters. The minimum absolute atomic E-state index is 0.0174. The summed E-state index contributed by atoms with van der Waals surface area (Å²) in [6, 6.07) is -0.361. The highest BCUT2D eigenvalue weighted by Crippen LogP contribution is 2.23. The maximum Gasteiger partial charge on any atom is 0.257 e. The van der Waals surface area contributed by atoms with Gasteiger partial charge in [0, 0.05) is 45.0 Å². The van der Waals surface area contributed by atoms with Gasteiger partial charge in [0.25, 0.3) is 5.88 Å². The predicted octanol–water partition coefficient (Wildman–Crippen LogP) is -0.197. The van der Waals surface area contributed by atoms with Crippen molar-refractivity contribution < 1.29 is 14.3 Å². The van der Waals surface area contributed by atoms with Gasteiger partial charge in [-0.3, -0.25) is 9.59 Å². The molecular formula is C15H21N5O3. The number of carbonyl (C=O) groups excluding carboxylic acids is 2. The first-order valence-electron chi connectivity index (χ1n) is 7.87. The molecule has 1 unspecified atom stereocenters. The molecule has 2 fully saturated rings. The molecule has 0 aliphatic carbocycles. The molecule has 2 aliphatic heterocycles. The van der Waals surface area contributed by atoms with Gasteiger partial charge in [-0.05, 0) is 12.8 Å². The fraction of sp³-hybridized carbons (Fsp3) is 0.600. The highest BCUT2D eigenvalue weighted by atomic mass is 16.5. The third-order valence-electron chi connectivity index (χ3n) is 4.24. The van der Waals surface area contributed by atoms with E-state index in [-0.39, 0.29) is 17.9 Å². The Morgan fingerprint density at radius 2 is 2.09 bits per heavy atom. The topological polar surface area (TPSA) is 87.7 Å². The number of hydrogen-bond acceptors (Lipinski definition) is 6. The van der Waals surface area contributed by atoms with E-state index >= 15 is 0 Å². The smallest absolute Gasteiger partial charge is 0.257 e. The van der Waals surface area contributed by atoms with Gasteiger partial charge in [-0.25, -0.2) is 9.97 Å². The van der Waals surface area contributed by atoms with Gasteiger partial charge in [0.1, 0.15) is 6.04 Å². The molecule has 3 heterocycles. The average molecular weight is 319 g/mol. The first kappa shape index (κ1) is 15.5. The molecule has 0 aromatic carbocycles. The molecule has 1 aromatic heterocycles. The van der Waals surface area contributed by atoms with Crippen molar-refractivity contribution >= 4 is 17.6 Å². The van der Waals surface area contributed by atoms with Crippen LogP contribution in [0, 0.1) is 0 Å². The number of methoxy groups -OCH3 is 1. The standard InChI is InChI=1S/C15H21N5O3/c1-23-14-13(16-5-6-17-14)19-7-2-8-20(10-9-19)15(22)11-3-4-12(21)18-11/h5-6,11H,2-4,7-10H2,1H3,(H,18,21). The summed E-state index contributed by atoms with van der Waals surface area (Å²) in [6.45, 7) is 2.74. The minimum Gasteiger partial charge on any atom is -0.478 e. The van der Waals surface area contributed by atoms with Crippen molar-refractivity contribution in [3.05, 3.63) is 12.4 Å². The van der Waals surface area contributed by atoms with Gasteiger partial charge in [0.2, 0.25) is 11.8 Å². The van der Waals surface area contributed by atoms with Crippen molar-refractivity contribution in [3.63, 3.8) is 0 Å². The Hall–Kier alpha value is -2.38. The van der Waals surface area contributed by atoms with Crippen LogP contribution in [0.4, 0.5) is 5.82 Å². The van der Waals surface area contributed by atoms with Crippen LogP contribution in [0.25, 0.3) is 0 Å². The molecular weight excluding hydrogens is 298 g/mol. The second kappa shape index (κ2) is 6.80. The molecule has 0 radical (unpaired) electrons. The zero-order valence-corrected chi connectivity index (χ0v) is 13.2. The summed E-state index contributed by atoms with van der Waals surface area (Å²) in [6.07, 6.45) is 5.10. The minimum atomic E-state index is -0.361. The summed E-state index contributed by atoms with van der Waals surface area (Å²) in [5.41, 5.74) is 0. The van der Waals surface area contributed by atoms with Crippen LogP contribution in [-0.2, 0) is 9.59 Å². The first-order valence-corrected chi connectivity index (χ1v) is 7.87. The molecule has 0 spiro atoms. The van der Waals surface area contributed by atoms with Gasteiger partial charge in [0.15, 0.2) is 5.82 Å². The summed E-state index contributed by atoms with van der Waals surface area (Å²) in [5, 5.41) is 2.75. The average Bonchev–Trinajstić information content (AvgIpc) is 2.87. The van der Waals surface area contributed by atoms with E-state index in [9.17, 15) is 9.59 Å². The van der Waals surface area contributed by atoms with Crippen LogP contribution in [0.2, 0.25) is 0 Å². The van der Waals surface area contributed by atoms with Crippen LogP contribution in [0.1, 0.15) is 19.3 Å². The molecule has 2 saturated heterocycles. The first-order chi connectivity index (χ1) is 11.2. The fourth-order valence-electron chi connectivity index (χ4n) is 3.05. The largest absolute Gasteiger partial charge is 0.478 e. The third kappa shape index (κ3) is 3.35. The number of nitrogens with one attached hydrogen (secondary N) is 1. The SMILES string of the molecule is COc1nccnc1N1CCCN(C(=O)C2CCC(=O)N2)CC1. The van der Waals surface area contributed by atoms with E-state index in [4.69, 9.17) is 4.74 Å². The van der Waals surface area contributed by atoms with E-state index in [0.29, 0.717) is 44.2 Å². The zero-order chi connectivity index (χ0) is 16.2. The molecule has 1 N–H and O–H groups in total. The van der Waals surface area contributed by atoms with E-state index in [0.717, 1.165) is 13.0 Å². The molecule has 3 rings (SSSR count). The fourth-order valence-corrected chi connectivity index (χ4v) is 3.05. The highest BCUT2D eigenvalue weighted by Gasteiger charge is 2.31. The van der Waals surface area contributed by atoms with Crippen molar-refractivity contribution in [2.75, 3.05) is 38.2 Å². The van der Waals surface area contributed by atoms with Crippen molar-refractivity contribution in [2.45, 2.75) is 25.3 Å². The van der Waals surface area contributed by atoms with Crippen LogP contribution in [0.15, 0.2) is 12.4 Å². The van der Waals surface area contributed by atoms with Crippen molar-refractivity contribution in [2.24, 2.45) is 0 Å². The quantitative estimate of drug-likeness (QED) is 0.830. The van der Waals surface area contributed by atoms with Gasteiger partial charge in [-0.1, -0.05) is 0 Å². The molecule has 8 heteroatoms. The number of anilines is 1. The van der Waals surface area contributed by atoms with Crippen LogP contribution in [0.3, 0.4) is 0 Å². The number of hydrogen-bond donors (Lipinski definition) is 1. The molecule has 2 amide bonds. The van der Waals surface area contributed by atoms with Gasteiger partial charge < -0.3 is 19.9 Å². The Bertz CT molecular complexity index is 594. The molecule has 23 heavy (non-hydrogen) atoms. The molecule has 1 aromatic rings. The lowest BCUT2D eigenvalue weighted by Gasteiger charge is -2.25. The lowest BCUT2D eigenvalue weighted by Crippen LogP contribution is -2.45. The summed E-state index contributed by atoms with van der Waals surface area (Å²) in [5.74, 6) is 1.18. The lowest BCUT2D eigenvalue weighted by molar-refractivity contribution is -0.134. The number of carbonyl (C=O) groups is 2. The second-order valence-electron chi connectivity index (χ2n) is 5.71. The Balaban J connectivity index is 1.65. The maximum absolute atomic E-state index is 12.5. The monoisotopic (exact) mass is 319 g/mol. The highest BCUT2D eigenvalue weighted by molar-refractivity contribution is 5.90. The second-order valence-corrected chi connectivity index (χ2v) is 5.71. The number of ether oxygens (including phenoxy) is 1. The number of aromatic nitrogens is 2. The number of amides is 2. The summed E-state index contributed by atoms with van der Waals surface area (Å²) >= 11 is 0. The van der Waals surface area contributed by atoms with Gasteiger partial charge >= 0.3 is 0 Å². The third-order valence-corrected chi connectivity index (χ3v) is 4.24. The zero-order valence-electron chi connectivity index (χ0n) is 13.2. The van der Waals surface area contributed by atoms with E-state index in [1.807, 2.05) is 4.90 Å². The Morgan fingerprint density at radius 3 is 2.83 bits per heavy atom. The van der Waals surface area contributed by atoms with Crippen LogP contribution in [-0.4, -0.2) is 66.0 Å². The van der Waals surface area contributed by atoms with Gasteiger partial charge in [-0.15, -0.1) is 0 Å². The van der Waals surface area contributed by atoms with Crippen LogP contribution >= 0.6 is 0 Å². The maximum atomic E-state index is 12.5.